The number of thiazole rings is 1. The van der Waals surface area contributed by atoms with Gasteiger partial charge in [0.2, 0.25) is 0 Å². The summed E-state index contributed by atoms with van der Waals surface area (Å²) >= 11 is 13.7. The Labute approximate surface area is 173 Å². The number of allylic oxidation sites excluding steroid dienone is 1. The molecule has 0 radical (unpaired) electrons. The highest BCUT2D eigenvalue weighted by Gasteiger charge is 2.12. The number of aromatic nitrogens is 1. The SMILES string of the molecule is C/C=C(\C=NCCC(C)c1nc(-c2ccc(Cl)c(Cl)c2)cs1)C(=O)OCC. The van der Waals surface area contributed by atoms with Gasteiger partial charge in [0.15, 0.2) is 0 Å². The predicted octanol–water partition coefficient (Wildman–Crippen LogP) is 6.19. The minimum Gasteiger partial charge on any atom is -0.462 e. The van der Waals surface area contributed by atoms with Crippen molar-refractivity contribution < 1.29 is 9.53 Å². The summed E-state index contributed by atoms with van der Waals surface area (Å²) in [6, 6.07) is 5.51. The Morgan fingerprint density at radius 3 is 2.81 bits per heavy atom. The van der Waals surface area contributed by atoms with E-state index >= 15 is 0 Å². The summed E-state index contributed by atoms with van der Waals surface area (Å²) in [4.78, 5) is 20.8. The molecule has 2 rings (SSSR count). The molecule has 0 amide bonds. The largest absolute Gasteiger partial charge is 0.462 e. The maximum absolute atomic E-state index is 11.7. The van der Waals surface area contributed by atoms with Crippen LogP contribution in [0.5, 0.6) is 0 Å². The van der Waals surface area contributed by atoms with Gasteiger partial charge in [0.1, 0.15) is 0 Å². The molecule has 27 heavy (non-hydrogen) atoms. The minimum atomic E-state index is -0.344. The quantitative estimate of drug-likeness (QED) is 0.288. The summed E-state index contributed by atoms with van der Waals surface area (Å²) in [6.07, 6.45) is 4.12. The molecule has 0 N–H and O–H groups in total. The maximum atomic E-state index is 11.7. The van der Waals surface area contributed by atoms with Crippen molar-refractivity contribution in [1.82, 2.24) is 4.98 Å². The van der Waals surface area contributed by atoms with Crippen LogP contribution < -0.4 is 0 Å². The smallest absolute Gasteiger partial charge is 0.339 e. The monoisotopic (exact) mass is 424 g/mol. The second-order valence-corrected chi connectivity index (χ2v) is 7.59. The fourth-order valence-electron chi connectivity index (χ4n) is 2.32. The lowest BCUT2D eigenvalue weighted by molar-refractivity contribution is -0.137. The first kappa shape index (κ1) is 21.6. The second kappa shape index (κ2) is 10.6. The summed E-state index contributed by atoms with van der Waals surface area (Å²) in [7, 11) is 0. The van der Waals surface area contributed by atoms with Crippen LogP contribution in [0, 0.1) is 0 Å². The molecule has 7 heteroatoms. The number of nitrogens with zero attached hydrogens (tertiary/aromatic N) is 2. The van der Waals surface area contributed by atoms with Crippen LogP contribution in [0.3, 0.4) is 0 Å². The van der Waals surface area contributed by atoms with Gasteiger partial charge in [-0.25, -0.2) is 9.78 Å². The average molecular weight is 425 g/mol. The van der Waals surface area contributed by atoms with Gasteiger partial charge in [-0.1, -0.05) is 42.3 Å². The van der Waals surface area contributed by atoms with Gasteiger partial charge in [0.25, 0.3) is 0 Å². The fraction of sp³-hybridized carbons (Fsp3) is 0.350. The van der Waals surface area contributed by atoms with E-state index in [9.17, 15) is 4.79 Å². The van der Waals surface area contributed by atoms with Gasteiger partial charge in [-0.2, -0.15) is 0 Å². The van der Waals surface area contributed by atoms with Crippen LogP contribution in [0.2, 0.25) is 10.0 Å². The molecule has 0 saturated heterocycles. The van der Waals surface area contributed by atoms with Gasteiger partial charge in [0, 0.05) is 29.6 Å². The molecule has 0 fully saturated rings. The molecule has 0 bridgehead atoms. The number of esters is 1. The van der Waals surface area contributed by atoms with E-state index in [-0.39, 0.29) is 11.9 Å². The van der Waals surface area contributed by atoms with E-state index in [0.717, 1.165) is 22.7 Å². The number of carbonyl (C=O) groups is 1. The number of hydrogen-bond acceptors (Lipinski definition) is 5. The van der Waals surface area contributed by atoms with Gasteiger partial charge in [-0.3, -0.25) is 4.99 Å². The van der Waals surface area contributed by atoms with Gasteiger partial charge < -0.3 is 4.74 Å². The van der Waals surface area contributed by atoms with Crippen LogP contribution in [-0.2, 0) is 9.53 Å². The molecule has 0 saturated carbocycles. The lowest BCUT2D eigenvalue weighted by Gasteiger charge is -2.06. The molecule has 4 nitrogen and oxygen atoms in total. The lowest BCUT2D eigenvalue weighted by atomic mass is 10.1. The van der Waals surface area contributed by atoms with Gasteiger partial charge in [-0.15, -0.1) is 11.3 Å². The number of carbonyl (C=O) groups excluding carboxylic acids is 1. The number of aliphatic imine (C=N–C) groups is 1. The molecule has 1 atom stereocenters. The first-order chi connectivity index (χ1) is 13.0. The van der Waals surface area contributed by atoms with Crippen LogP contribution in [0.15, 0.2) is 40.2 Å². The third-order valence-corrected chi connectivity index (χ3v) is 5.72. The second-order valence-electron chi connectivity index (χ2n) is 5.89. The fourth-order valence-corrected chi connectivity index (χ4v) is 3.54. The van der Waals surface area contributed by atoms with E-state index in [1.807, 2.05) is 17.5 Å². The van der Waals surface area contributed by atoms with Crippen molar-refractivity contribution in [2.75, 3.05) is 13.2 Å². The molecule has 1 aromatic heterocycles. The molecular weight excluding hydrogens is 403 g/mol. The normalized spacial score (nSPS) is 13.1. The molecule has 0 aliphatic rings. The predicted molar refractivity (Wildman–Crippen MR) is 114 cm³/mol. The van der Waals surface area contributed by atoms with Gasteiger partial charge in [0.05, 0.1) is 32.9 Å². The molecule has 144 valence electrons. The van der Waals surface area contributed by atoms with Crippen molar-refractivity contribution in [2.24, 2.45) is 4.99 Å². The van der Waals surface area contributed by atoms with E-state index in [1.165, 1.54) is 0 Å². The molecular formula is C20H22Cl2N2O2S. The summed E-state index contributed by atoms with van der Waals surface area (Å²) in [5, 5.41) is 4.12. The highest BCUT2D eigenvalue weighted by atomic mass is 35.5. The standard InChI is InChI=1S/C20H22Cl2N2O2S/c1-4-14(20(25)26-5-2)11-23-9-8-13(3)19-24-18(12-27-19)15-6-7-16(21)17(22)10-15/h4,6-7,10-13H,5,8-9H2,1-3H3/b14-4+,23-11?. The minimum absolute atomic E-state index is 0.264. The molecule has 0 spiro atoms. The Hall–Kier alpha value is -1.69. The highest BCUT2D eigenvalue weighted by Crippen LogP contribution is 2.31. The molecule has 1 aromatic carbocycles. The molecule has 2 aromatic rings. The van der Waals surface area contributed by atoms with E-state index in [4.69, 9.17) is 32.9 Å². The van der Waals surface area contributed by atoms with Crippen LogP contribution in [0.4, 0.5) is 0 Å². The van der Waals surface area contributed by atoms with Crippen LogP contribution >= 0.6 is 34.5 Å². The number of hydrogen-bond donors (Lipinski definition) is 0. The molecule has 1 unspecified atom stereocenters. The zero-order valence-electron chi connectivity index (χ0n) is 15.5. The zero-order valence-corrected chi connectivity index (χ0v) is 17.9. The average Bonchev–Trinajstić information content (AvgIpc) is 3.14. The van der Waals surface area contributed by atoms with Crippen LogP contribution in [-0.4, -0.2) is 30.3 Å². The Kier molecular flexibility index (Phi) is 8.48. The summed E-state index contributed by atoms with van der Waals surface area (Å²) in [5.41, 5.74) is 2.31. The Balaban J connectivity index is 1.94. The molecule has 1 heterocycles. The van der Waals surface area contributed by atoms with E-state index in [0.29, 0.717) is 28.8 Å². The lowest BCUT2D eigenvalue weighted by Crippen LogP contribution is -2.08. The number of rotatable bonds is 8. The van der Waals surface area contributed by atoms with E-state index in [1.54, 1.807) is 43.5 Å². The third kappa shape index (κ3) is 6.16. The van der Waals surface area contributed by atoms with Gasteiger partial charge in [-0.05, 0) is 32.4 Å². The maximum Gasteiger partial charge on any atom is 0.339 e. The van der Waals surface area contributed by atoms with Crippen molar-refractivity contribution >= 4 is 46.7 Å². The zero-order chi connectivity index (χ0) is 19.8. The Bertz CT molecular complexity index is 846. The Morgan fingerprint density at radius 2 is 2.15 bits per heavy atom. The number of halogens is 2. The topological polar surface area (TPSA) is 51.5 Å². The summed E-state index contributed by atoms with van der Waals surface area (Å²) in [5.74, 6) is -0.0803. The van der Waals surface area contributed by atoms with E-state index in [2.05, 4.69) is 11.9 Å². The summed E-state index contributed by atoms with van der Waals surface area (Å²) < 4.78 is 4.98. The van der Waals surface area contributed by atoms with Crippen molar-refractivity contribution in [3.8, 4) is 11.3 Å². The Morgan fingerprint density at radius 1 is 1.37 bits per heavy atom. The highest BCUT2D eigenvalue weighted by molar-refractivity contribution is 7.10. The number of benzene rings is 1. The first-order valence-electron chi connectivity index (χ1n) is 8.70. The summed E-state index contributed by atoms with van der Waals surface area (Å²) in [6.45, 7) is 6.66. The van der Waals surface area contributed by atoms with Crippen molar-refractivity contribution in [2.45, 2.75) is 33.1 Å². The number of ether oxygens (including phenoxy) is 1. The molecule has 0 aliphatic carbocycles. The third-order valence-electron chi connectivity index (χ3n) is 3.90. The van der Waals surface area contributed by atoms with Crippen molar-refractivity contribution in [3.63, 3.8) is 0 Å². The van der Waals surface area contributed by atoms with Crippen LogP contribution in [0.25, 0.3) is 11.3 Å². The van der Waals surface area contributed by atoms with Gasteiger partial charge >= 0.3 is 5.97 Å². The molecule has 0 aliphatic heterocycles. The van der Waals surface area contributed by atoms with Crippen LogP contribution in [0.1, 0.15) is 38.1 Å². The first-order valence-corrected chi connectivity index (χ1v) is 10.3. The van der Waals surface area contributed by atoms with Crippen molar-refractivity contribution in [1.29, 1.82) is 0 Å². The van der Waals surface area contributed by atoms with Crippen molar-refractivity contribution in [3.05, 3.63) is 50.3 Å². The van der Waals surface area contributed by atoms with E-state index < -0.39 is 0 Å².